The Balaban J connectivity index is 0.000000357. The summed E-state index contributed by atoms with van der Waals surface area (Å²) in [5, 5.41) is 50.6. The third-order valence-electron chi connectivity index (χ3n) is 10.7. The summed E-state index contributed by atoms with van der Waals surface area (Å²) in [6, 6.07) is 15.2. The van der Waals surface area contributed by atoms with Crippen molar-refractivity contribution in [3.8, 4) is 0 Å². The molecule has 352 valence electrons. The largest absolute Gasteiger partial charge is 0.454 e. The van der Waals surface area contributed by atoms with Crippen molar-refractivity contribution in [3.05, 3.63) is 84.0 Å². The van der Waals surface area contributed by atoms with E-state index in [0.29, 0.717) is 19.5 Å². The van der Waals surface area contributed by atoms with Gasteiger partial charge in [-0.3, -0.25) is 14.4 Å². The van der Waals surface area contributed by atoms with E-state index in [1.807, 2.05) is 114 Å². The van der Waals surface area contributed by atoms with Crippen LogP contribution < -0.4 is 15.5 Å². The predicted octanol–water partition coefficient (Wildman–Crippen LogP) is 2.77. The van der Waals surface area contributed by atoms with E-state index in [1.54, 1.807) is 12.2 Å². The Morgan fingerprint density at radius 3 is 1.79 bits per heavy atom. The number of anilines is 2. The summed E-state index contributed by atoms with van der Waals surface area (Å²) in [6.07, 6.45) is -3.09. The van der Waals surface area contributed by atoms with Crippen LogP contribution in [0, 0.1) is 16.7 Å². The first kappa shape index (κ1) is 55.1. The van der Waals surface area contributed by atoms with Crippen LogP contribution in [0.1, 0.15) is 59.1 Å². The number of nitrogens with zero attached hydrogens (tertiary/aromatic N) is 2. The third-order valence-corrected chi connectivity index (χ3v) is 10.7. The van der Waals surface area contributed by atoms with Crippen molar-refractivity contribution in [1.82, 2.24) is 0 Å². The molecule has 0 amide bonds. The van der Waals surface area contributed by atoms with Crippen molar-refractivity contribution in [3.63, 3.8) is 0 Å². The second-order valence-electron chi connectivity index (χ2n) is 18.4. The van der Waals surface area contributed by atoms with Crippen molar-refractivity contribution in [2.45, 2.75) is 116 Å². The predicted molar refractivity (Wildman–Crippen MR) is 244 cm³/mol. The number of likely N-dealkylation sites (N-methyl/N-ethyl adjacent to an activating group) is 1. The van der Waals surface area contributed by atoms with Crippen molar-refractivity contribution in [2.75, 3.05) is 51.2 Å². The number of fused-ring (bicyclic) bond motifs is 2. The number of cyclic esters (lactones) is 1. The van der Waals surface area contributed by atoms with Crippen LogP contribution in [-0.2, 0) is 46.2 Å². The highest BCUT2D eigenvalue weighted by Crippen LogP contribution is 2.29. The number of methoxy groups -OCH3 is 2. The molecule has 16 heteroatoms. The molecule has 10 atom stereocenters. The normalized spacial score (nSPS) is 23.9. The van der Waals surface area contributed by atoms with Gasteiger partial charge in [0.2, 0.25) is 0 Å². The highest BCUT2D eigenvalue weighted by molar-refractivity contribution is 5.93. The van der Waals surface area contributed by atoms with Gasteiger partial charge < -0.3 is 55.3 Å². The maximum atomic E-state index is 12.9. The molecule has 3 aliphatic rings. The highest BCUT2D eigenvalue weighted by atomic mass is 35.5. The fourth-order valence-electron chi connectivity index (χ4n) is 7.21. The Morgan fingerprint density at radius 2 is 1.30 bits per heavy atom. The molecule has 7 N–H and O–H groups in total. The number of allylic oxidation sites excluding steroid dienone is 2. The lowest BCUT2D eigenvalue weighted by atomic mass is 9.89. The van der Waals surface area contributed by atoms with Crippen LogP contribution in [0.5, 0.6) is 0 Å². The molecule has 15 nitrogen and oxygen atoms in total. The smallest absolute Gasteiger partial charge is 0.338 e. The quantitative estimate of drug-likeness (QED) is 0.141. The minimum Gasteiger partial charge on any atom is -0.454 e. The summed E-state index contributed by atoms with van der Waals surface area (Å²) in [6.45, 7) is 12.7. The Bertz CT molecular complexity index is 1880. The number of carbonyl (C=O) groups is 4. The topological polar surface area (TPSA) is 230 Å². The second-order valence-corrected chi connectivity index (χ2v) is 18.4. The van der Waals surface area contributed by atoms with Gasteiger partial charge in [-0.25, -0.2) is 4.79 Å². The summed E-state index contributed by atoms with van der Waals surface area (Å²) >= 11 is 0. The van der Waals surface area contributed by atoms with Gasteiger partial charge in [0.25, 0.3) is 0 Å². The van der Waals surface area contributed by atoms with Crippen LogP contribution in [0.2, 0.25) is 0 Å². The first-order chi connectivity index (χ1) is 28.9. The molecule has 0 spiro atoms. The van der Waals surface area contributed by atoms with E-state index in [9.17, 15) is 44.7 Å². The summed E-state index contributed by atoms with van der Waals surface area (Å²) in [7, 11) is 6.41. The van der Waals surface area contributed by atoms with Crippen LogP contribution in [-0.4, -0.2) is 145 Å². The highest BCUT2D eigenvalue weighted by Gasteiger charge is 2.47. The first-order valence-corrected chi connectivity index (χ1v) is 20.9. The zero-order chi connectivity index (χ0) is 46.7. The van der Waals surface area contributed by atoms with Gasteiger partial charge in [-0.2, -0.15) is 0 Å². The van der Waals surface area contributed by atoms with Gasteiger partial charge in [0, 0.05) is 78.0 Å². The number of aliphatic hydroxyl groups excluding tert-OH is 5. The number of carbonyl (C=O) groups excluding carboxylic acids is 4. The number of halogens is 1. The lowest BCUT2D eigenvalue weighted by molar-refractivity contribution is -0.150. The molecular weight excluding hydrogens is 834 g/mol. The summed E-state index contributed by atoms with van der Waals surface area (Å²) in [5.74, 6) is -1.62. The van der Waals surface area contributed by atoms with Crippen LogP contribution in [0.15, 0.2) is 72.8 Å². The number of hydrogen-bond donors (Lipinski definition) is 6. The number of esters is 1. The van der Waals surface area contributed by atoms with E-state index in [2.05, 4.69) is 0 Å². The van der Waals surface area contributed by atoms with Gasteiger partial charge in [-0.15, -0.1) is 12.4 Å². The fourth-order valence-corrected chi connectivity index (χ4v) is 7.21. The Labute approximate surface area is 378 Å². The number of aliphatic hydroxyl groups is 5. The van der Waals surface area contributed by atoms with Gasteiger partial charge in [0.05, 0.1) is 6.04 Å². The molecule has 63 heavy (non-hydrogen) atoms. The number of nitrogens with two attached hydrogens (primary N) is 1. The molecule has 3 heterocycles. The minimum atomic E-state index is -1.63. The molecule has 0 bridgehead atoms. The Kier molecular flexibility index (Phi) is 21.3. The first-order valence-electron chi connectivity index (χ1n) is 20.9. The molecule has 0 aromatic heterocycles. The molecule has 0 radical (unpaired) electrons. The Hall–Kier alpha value is -4.03. The molecule has 0 aliphatic carbocycles. The van der Waals surface area contributed by atoms with Crippen LogP contribution in [0.4, 0.5) is 11.4 Å². The lowest BCUT2D eigenvalue weighted by Gasteiger charge is -2.28. The van der Waals surface area contributed by atoms with Crippen molar-refractivity contribution in [2.24, 2.45) is 22.5 Å². The van der Waals surface area contributed by atoms with E-state index < -0.39 is 66.5 Å². The number of Topliss-reactive ketones (excluding diaryl/α,β-unsaturated/α-hetero) is 3. The molecule has 0 unspecified atom stereocenters. The second kappa shape index (κ2) is 24.3. The number of para-hydroxylation sites is 2. The number of hydrogen-bond acceptors (Lipinski definition) is 15. The van der Waals surface area contributed by atoms with Gasteiger partial charge in [-0.1, -0.05) is 102 Å². The SMILES string of the molecule is CN1C[C@H](N)C(=O)Cc2ccccc21.CO[C@@H](C(=O)C[C@H]1CN(C)c2ccccc2CC1=O)[C@H](O)[C@@H](O)[C@H](O)/C=C/C(C)(C)C.CO[C@H]1C(=O)O[C@@H]([C@H](O)/C=C/C(C)(C)C)[C@H]1O.Cl. The van der Waals surface area contributed by atoms with Crippen molar-refractivity contribution in [1.29, 1.82) is 0 Å². The summed E-state index contributed by atoms with van der Waals surface area (Å²) < 4.78 is 14.9. The number of ether oxygens (including phenoxy) is 3. The van der Waals surface area contributed by atoms with E-state index in [-0.39, 0.29) is 53.7 Å². The van der Waals surface area contributed by atoms with Crippen LogP contribution in [0.3, 0.4) is 0 Å². The molecule has 3 aliphatic heterocycles. The maximum absolute atomic E-state index is 12.9. The molecule has 0 saturated carbocycles. The van der Waals surface area contributed by atoms with Gasteiger partial charge in [0.1, 0.15) is 42.4 Å². The van der Waals surface area contributed by atoms with Crippen molar-refractivity contribution < 1.29 is 58.9 Å². The molecule has 1 fully saturated rings. The number of ketones is 3. The summed E-state index contributed by atoms with van der Waals surface area (Å²) in [5.41, 5.74) is 9.52. The molecule has 2 aromatic rings. The molecule has 5 rings (SSSR count). The van der Waals surface area contributed by atoms with Crippen LogP contribution >= 0.6 is 12.4 Å². The monoisotopic (exact) mass is 903 g/mol. The average molecular weight is 905 g/mol. The van der Waals surface area contributed by atoms with Gasteiger partial charge in [0.15, 0.2) is 23.8 Å². The van der Waals surface area contributed by atoms with Crippen molar-refractivity contribution >= 4 is 47.1 Å². The van der Waals surface area contributed by atoms with E-state index in [1.165, 1.54) is 26.4 Å². The third kappa shape index (κ3) is 16.2. The standard InChI is InChI=1S/C24H35NO6.C12H20O5.C11H14N2O.ClH/c1-24(2,3)11-10-18(26)21(29)22(30)23(31-5)20(28)13-16-14-25(4)17-9-7-6-8-15(17)12-19(16)27;1-12(2,3)6-5-7(13)9-8(14)10(16-4)11(15)17-9;1-13-7-9(12)11(14)6-8-4-2-3-5-10(8)13;/h6-11,16,18,21-23,26,29-30H,12-14H2,1-5H3;5-10,13-14H,1-4H3;2-5,9H,6-7,12H2,1H3;1H/b11-10+;6-5+;;/t16-,18+,21-,22+,23-;7-,8-,9+,10-;9-;/m010./s1. The number of rotatable bonds is 11. The zero-order valence-corrected chi connectivity index (χ0v) is 39.0. The lowest BCUT2D eigenvalue weighted by Crippen LogP contribution is -2.48. The zero-order valence-electron chi connectivity index (χ0n) is 38.2. The molecule has 2 aromatic carbocycles. The minimum absolute atomic E-state index is 0. The van der Waals surface area contributed by atoms with Crippen LogP contribution in [0.25, 0.3) is 0 Å². The van der Waals surface area contributed by atoms with Gasteiger partial charge in [-0.05, 0) is 34.1 Å². The maximum Gasteiger partial charge on any atom is 0.338 e. The van der Waals surface area contributed by atoms with Gasteiger partial charge >= 0.3 is 5.97 Å². The number of benzene rings is 2. The fraction of sp³-hybridized carbons (Fsp3) is 0.574. The average Bonchev–Trinajstić information content (AvgIpc) is 3.37. The molecule has 1 saturated heterocycles. The Morgan fingerprint density at radius 1 is 0.810 bits per heavy atom. The van der Waals surface area contributed by atoms with E-state index >= 15 is 0 Å². The summed E-state index contributed by atoms with van der Waals surface area (Å²) in [4.78, 5) is 52.5. The van der Waals surface area contributed by atoms with E-state index in [4.69, 9.17) is 19.9 Å². The van der Waals surface area contributed by atoms with E-state index in [0.717, 1.165) is 22.5 Å². The molecular formula is C47H70ClN3O12.